The van der Waals surface area contributed by atoms with E-state index in [1.54, 1.807) is 16.6 Å². The number of nitrogens with zero attached hydrogens (tertiary/aromatic N) is 4. The standard InChI is InChI=1S/C14H9Cl3N4/c15-9-5-3-7(4-6-9)10-11(16)18-14-19-13(8-1-2-8)20-21(14)12(10)17/h3-6,8H,1-2H2. The smallest absolute Gasteiger partial charge is 0.198 e. The first-order chi connectivity index (χ1) is 10.1. The second kappa shape index (κ2) is 4.83. The fraction of sp³-hybridized carbons (Fsp3) is 0.214. The van der Waals surface area contributed by atoms with Gasteiger partial charge in [0.1, 0.15) is 10.3 Å². The number of benzene rings is 1. The molecule has 0 unspecified atom stereocenters. The lowest BCUT2D eigenvalue weighted by atomic mass is 10.1. The molecule has 1 aliphatic rings. The summed E-state index contributed by atoms with van der Waals surface area (Å²) in [6, 6.07) is 7.26. The molecule has 3 aromatic rings. The van der Waals surface area contributed by atoms with Crippen LogP contribution in [0.4, 0.5) is 0 Å². The van der Waals surface area contributed by atoms with E-state index in [4.69, 9.17) is 34.8 Å². The van der Waals surface area contributed by atoms with E-state index in [-0.39, 0.29) is 0 Å². The van der Waals surface area contributed by atoms with Crippen molar-refractivity contribution in [2.75, 3.05) is 0 Å². The van der Waals surface area contributed by atoms with Crippen molar-refractivity contribution in [2.45, 2.75) is 18.8 Å². The molecule has 1 aliphatic carbocycles. The van der Waals surface area contributed by atoms with Crippen LogP contribution >= 0.6 is 34.8 Å². The van der Waals surface area contributed by atoms with Crippen LogP contribution in [0.5, 0.6) is 0 Å². The van der Waals surface area contributed by atoms with Crippen LogP contribution in [0, 0.1) is 0 Å². The van der Waals surface area contributed by atoms with E-state index in [2.05, 4.69) is 15.1 Å². The zero-order chi connectivity index (χ0) is 14.6. The zero-order valence-electron chi connectivity index (χ0n) is 10.7. The van der Waals surface area contributed by atoms with Gasteiger partial charge in [-0.1, -0.05) is 46.9 Å². The van der Waals surface area contributed by atoms with Gasteiger partial charge in [0, 0.05) is 10.9 Å². The van der Waals surface area contributed by atoms with E-state index in [0.717, 1.165) is 24.2 Å². The number of halogens is 3. The zero-order valence-corrected chi connectivity index (χ0v) is 13.0. The number of hydrogen-bond donors (Lipinski definition) is 0. The summed E-state index contributed by atoms with van der Waals surface area (Å²) in [6.45, 7) is 0. The van der Waals surface area contributed by atoms with Gasteiger partial charge in [-0.3, -0.25) is 0 Å². The molecule has 4 rings (SSSR count). The highest BCUT2D eigenvalue weighted by atomic mass is 35.5. The van der Waals surface area contributed by atoms with Crippen molar-refractivity contribution >= 4 is 40.6 Å². The largest absolute Gasteiger partial charge is 0.255 e. The Bertz CT molecular complexity index is 838. The van der Waals surface area contributed by atoms with Gasteiger partial charge < -0.3 is 0 Å². The Morgan fingerprint density at radius 2 is 1.71 bits per heavy atom. The summed E-state index contributed by atoms with van der Waals surface area (Å²) in [7, 11) is 0. The molecule has 0 spiro atoms. The topological polar surface area (TPSA) is 43.1 Å². The maximum atomic E-state index is 6.46. The molecular formula is C14H9Cl3N4. The molecule has 1 aromatic carbocycles. The van der Waals surface area contributed by atoms with Crippen LogP contribution in [0.2, 0.25) is 15.3 Å². The second-order valence-corrected chi connectivity index (χ2v) is 6.18. The van der Waals surface area contributed by atoms with E-state index < -0.39 is 0 Å². The van der Waals surface area contributed by atoms with Crippen LogP contribution in [0.3, 0.4) is 0 Å². The predicted octanol–water partition coefficient (Wildman–Crippen LogP) is 4.63. The fourth-order valence-corrected chi connectivity index (χ4v) is 2.99. The third-order valence-electron chi connectivity index (χ3n) is 3.48. The first-order valence-corrected chi connectivity index (χ1v) is 7.64. The normalized spacial score (nSPS) is 14.8. The summed E-state index contributed by atoms with van der Waals surface area (Å²) >= 11 is 18.6. The van der Waals surface area contributed by atoms with Gasteiger partial charge in [-0.2, -0.15) is 14.5 Å². The molecule has 0 atom stereocenters. The third kappa shape index (κ3) is 2.27. The average molecular weight is 340 g/mol. The predicted molar refractivity (Wildman–Crippen MR) is 83.2 cm³/mol. The van der Waals surface area contributed by atoms with Crippen molar-refractivity contribution in [2.24, 2.45) is 0 Å². The Labute approximate surface area is 135 Å². The van der Waals surface area contributed by atoms with Crippen molar-refractivity contribution < 1.29 is 0 Å². The van der Waals surface area contributed by atoms with Gasteiger partial charge in [-0.25, -0.2) is 0 Å². The van der Waals surface area contributed by atoms with Gasteiger partial charge in [-0.15, -0.1) is 5.10 Å². The molecule has 0 aliphatic heterocycles. The summed E-state index contributed by atoms with van der Waals surface area (Å²) in [4.78, 5) is 8.70. The highest BCUT2D eigenvalue weighted by Gasteiger charge is 2.29. The minimum atomic E-state index is 0.310. The molecule has 4 nitrogen and oxygen atoms in total. The lowest BCUT2D eigenvalue weighted by Crippen LogP contribution is -1.97. The summed E-state index contributed by atoms with van der Waals surface area (Å²) in [6.07, 6.45) is 2.23. The maximum Gasteiger partial charge on any atom is 0.255 e. The fourth-order valence-electron chi connectivity index (χ4n) is 2.23. The van der Waals surface area contributed by atoms with Crippen LogP contribution in [0.15, 0.2) is 24.3 Å². The van der Waals surface area contributed by atoms with Crippen molar-refractivity contribution in [3.05, 3.63) is 45.4 Å². The summed E-state index contributed by atoms with van der Waals surface area (Å²) < 4.78 is 1.55. The van der Waals surface area contributed by atoms with Gasteiger partial charge >= 0.3 is 0 Å². The molecule has 0 N–H and O–H groups in total. The number of aromatic nitrogens is 4. The first kappa shape index (κ1) is 13.3. The number of rotatable bonds is 2. The quantitative estimate of drug-likeness (QED) is 0.639. The third-order valence-corrected chi connectivity index (χ3v) is 4.35. The van der Waals surface area contributed by atoms with E-state index in [1.165, 1.54) is 0 Å². The second-order valence-electron chi connectivity index (χ2n) is 5.03. The molecule has 2 aromatic heterocycles. The highest BCUT2D eigenvalue weighted by molar-refractivity contribution is 6.38. The SMILES string of the molecule is Clc1ccc(-c2c(Cl)nc3nc(C4CC4)nn3c2Cl)cc1. The molecule has 1 fully saturated rings. The molecular weight excluding hydrogens is 331 g/mol. The van der Waals surface area contributed by atoms with Gasteiger partial charge in [-0.05, 0) is 30.5 Å². The minimum absolute atomic E-state index is 0.310. The lowest BCUT2D eigenvalue weighted by Gasteiger charge is -2.07. The van der Waals surface area contributed by atoms with Gasteiger partial charge in [0.2, 0.25) is 0 Å². The minimum Gasteiger partial charge on any atom is -0.198 e. The van der Waals surface area contributed by atoms with Gasteiger partial charge in [0.25, 0.3) is 5.78 Å². The molecule has 1 saturated carbocycles. The Balaban J connectivity index is 1.93. The Hall–Kier alpha value is -1.36. The Morgan fingerprint density at radius 1 is 1.00 bits per heavy atom. The van der Waals surface area contributed by atoms with Crippen molar-refractivity contribution in [1.29, 1.82) is 0 Å². The van der Waals surface area contributed by atoms with Crippen LogP contribution in [0.25, 0.3) is 16.9 Å². The van der Waals surface area contributed by atoms with Crippen LogP contribution < -0.4 is 0 Å². The molecule has 7 heteroatoms. The maximum absolute atomic E-state index is 6.46. The summed E-state index contributed by atoms with van der Waals surface area (Å²) in [5, 5.41) is 5.81. The van der Waals surface area contributed by atoms with E-state index in [9.17, 15) is 0 Å². The van der Waals surface area contributed by atoms with Crippen molar-refractivity contribution in [3.8, 4) is 11.1 Å². The van der Waals surface area contributed by atoms with Gasteiger partial charge in [0.15, 0.2) is 5.82 Å². The van der Waals surface area contributed by atoms with Gasteiger partial charge in [0.05, 0.1) is 5.56 Å². The average Bonchev–Trinajstić information content (AvgIpc) is 3.22. The first-order valence-electron chi connectivity index (χ1n) is 6.51. The van der Waals surface area contributed by atoms with Crippen molar-refractivity contribution in [3.63, 3.8) is 0 Å². The molecule has 0 saturated heterocycles. The van der Waals surface area contributed by atoms with E-state index in [1.807, 2.05) is 12.1 Å². The number of hydrogen-bond acceptors (Lipinski definition) is 3. The lowest BCUT2D eigenvalue weighted by molar-refractivity contribution is 0.874. The highest BCUT2D eigenvalue weighted by Crippen LogP contribution is 2.39. The molecule has 0 amide bonds. The molecule has 2 heterocycles. The molecule has 106 valence electrons. The molecule has 21 heavy (non-hydrogen) atoms. The summed E-state index contributed by atoms with van der Waals surface area (Å²) in [5.74, 6) is 1.65. The van der Waals surface area contributed by atoms with E-state index in [0.29, 0.717) is 32.6 Å². The van der Waals surface area contributed by atoms with E-state index >= 15 is 0 Å². The molecule has 0 bridgehead atoms. The molecule has 0 radical (unpaired) electrons. The van der Waals surface area contributed by atoms with Crippen LogP contribution in [0.1, 0.15) is 24.6 Å². The number of fused-ring (bicyclic) bond motifs is 1. The van der Waals surface area contributed by atoms with Crippen molar-refractivity contribution in [1.82, 2.24) is 19.6 Å². The monoisotopic (exact) mass is 338 g/mol. The Kier molecular flexibility index (Phi) is 3.06. The summed E-state index contributed by atoms with van der Waals surface area (Å²) in [5.41, 5.74) is 1.47. The Morgan fingerprint density at radius 3 is 2.38 bits per heavy atom. The van der Waals surface area contributed by atoms with Crippen LogP contribution in [-0.4, -0.2) is 19.6 Å². The van der Waals surface area contributed by atoms with Crippen LogP contribution in [-0.2, 0) is 0 Å².